The van der Waals surface area contributed by atoms with Crippen LogP contribution in [0.2, 0.25) is 5.15 Å². The molecule has 1 saturated carbocycles. The minimum Gasteiger partial charge on any atom is -0.444 e. The lowest BCUT2D eigenvalue weighted by Crippen LogP contribution is -2.38. The minimum atomic E-state index is -0.547. The Morgan fingerprint density at radius 2 is 2.08 bits per heavy atom. The number of halogens is 1. The zero-order valence-corrected chi connectivity index (χ0v) is 14.6. The van der Waals surface area contributed by atoms with Gasteiger partial charge in [-0.25, -0.2) is 9.78 Å². The highest BCUT2D eigenvalue weighted by atomic mass is 35.5. The van der Waals surface area contributed by atoms with E-state index in [0.717, 1.165) is 19.0 Å². The number of nitro groups is 1. The molecule has 1 fully saturated rings. The summed E-state index contributed by atoms with van der Waals surface area (Å²) >= 11 is 5.82. The van der Waals surface area contributed by atoms with E-state index in [9.17, 15) is 14.9 Å². The molecule has 1 aromatic rings. The molecule has 0 radical (unpaired) electrons. The molecule has 9 heteroatoms. The number of carbonyl (C=O) groups excluding carboxylic acids is 1. The van der Waals surface area contributed by atoms with Gasteiger partial charge in [-0.15, -0.1) is 0 Å². The van der Waals surface area contributed by atoms with E-state index in [-0.39, 0.29) is 22.9 Å². The van der Waals surface area contributed by atoms with Crippen molar-refractivity contribution in [3.63, 3.8) is 0 Å². The highest BCUT2D eigenvalue weighted by Gasteiger charge is 2.29. The number of ether oxygens (including phenoxy) is 1. The van der Waals surface area contributed by atoms with Crippen LogP contribution in [0, 0.1) is 10.1 Å². The predicted octanol–water partition coefficient (Wildman–Crippen LogP) is 3.50. The van der Waals surface area contributed by atoms with Crippen LogP contribution in [0.4, 0.5) is 16.2 Å². The van der Waals surface area contributed by atoms with Gasteiger partial charge >= 0.3 is 11.8 Å². The van der Waals surface area contributed by atoms with E-state index in [0.29, 0.717) is 12.1 Å². The average Bonchev–Trinajstić information content (AvgIpc) is 2.83. The first-order valence-electron chi connectivity index (χ1n) is 7.70. The second-order valence-electron chi connectivity index (χ2n) is 6.78. The minimum absolute atomic E-state index is 0.00195. The maximum absolute atomic E-state index is 11.8. The van der Waals surface area contributed by atoms with Crippen LogP contribution in [0.15, 0.2) is 12.3 Å². The molecule has 0 spiro atoms. The van der Waals surface area contributed by atoms with Crippen LogP contribution < -0.4 is 10.6 Å². The van der Waals surface area contributed by atoms with Crippen LogP contribution in [0.1, 0.15) is 40.0 Å². The fourth-order valence-electron chi connectivity index (χ4n) is 2.62. The summed E-state index contributed by atoms with van der Waals surface area (Å²) in [5.74, 6) is 0. The molecule has 2 N–H and O–H groups in total. The number of alkyl carbamates (subject to hydrolysis) is 1. The van der Waals surface area contributed by atoms with Crippen molar-refractivity contribution in [2.45, 2.75) is 57.7 Å². The molecule has 8 nitrogen and oxygen atoms in total. The van der Waals surface area contributed by atoms with E-state index in [1.165, 1.54) is 6.07 Å². The zero-order valence-electron chi connectivity index (χ0n) is 13.8. The van der Waals surface area contributed by atoms with Crippen LogP contribution in [-0.2, 0) is 4.74 Å². The molecule has 1 aliphatic carbocycles. The Bertz CT molecular complexity index is 632. The van der Waals surface area contributed by atoms with Crippen molar-refractivity contribution in [2.24, 2.45) is 0 Å². The number of carbonyl (C=O) groups is 1. The Balaban J connectivity index is 1.94. The van der Waals surface area contributed by atoms with Crippen LogP contribution in [0.3, 0.4) is 0 Å². The Hall–Kier alpha value is -2.09. The fourth-order valence-corrected chi connectivity index (χ4v) is 2.78. The first-order chi connectivity index (χ1) is 11.1. The van der Waals surface area contributed by atoms with E-state index < -0.39 is 16.6 Å². The van der Waals surface area contributed by atoms with Crippen LogP contribution in [-0.4, -0.2) is 33.7 Å². The van der Waals surface area contributed by atoms with Gasteiger partial charge in [0, 0.05) is 18.2 Å². The molecule has 0 saturated heterocycles. The number of rotatable bonds is 4. The number of amides is 1. The summed E-state index contributed by atoms with van der Waals surface area (Å²) in [6, 6.07) is 1.41. The van der Waals surface area contributed by atoms with E-state index in [4.69, 9.17) is 16.3 Å². The summed E-state index contributed by atoms with van der Waals surface area (Å²) in [6.07, 6.45) is 2.87. The predicted molar refractivity (Wildman–Crippen MR) is 90.3 cm³/mol. The van der Waals surface area contributed by atoms with Crippen molar-refractivity contribution in [2.75, 3.05) is 5.32 Å². The first-order valence-corrected chi connectivity index (χ1v) is 8.08. The SMILES string of the molecule is CC(C)(C)OC(=O)N[C@@H]1CC[C@@H](Nc2cc(Cl)ncc2[N+](=O)[O-])C1. The van der Waals surface area contributed by atoms with Gasteiger partial charge in [-0.05, 0) is 40.0 Å². The summed E-state index contributed by atoms with van der Waals surface area (Å²) in [4.78, 5) is 26.1. The van der Waals surface area contributed by atoms with Crippen molar-refractivity contribution in [1.82, 2.24) is 10.3 Å². The van der Waals surface area contributed by atoms with Crippen molar-refractivity contribution < 1.29 is 14.5 Å². The second-order valence-corrected chi connectivity index (χ2v) is 7.17. The maximum Gasteiger partial charge on any atom is 0.407 e. The third-order valence-electron chi connectivity index (χ3n) is 3.56. The summed E-state index contributed by atoms with van der Waals surface area (Å²) in [5.41, 5.74) is -0.333. The Morgan fingerprint density at radius 3 is 2.71 bits per heavy atom. The van der Waals surface area contributed by atoms with Gasteiger partial charge in [-0.1, -0.05) is 11.6 Å². The van der Waals surface area contributed by atoms with Crippen LogP contribution in [0.25, 0.3) is 0 Å². The molecule has 0 unspecified atom stereocenters. The molecular formula is C15H21ClN4O4. The van der Waals surface area contributed by atoms with E-state index in [2.05, 4.69) is 15.6 Å². The van der Waals surface area contributed by atoms with Gasteiger partial charge in [0.15, 0.2) is 0 Å². The van der Waals surface area contributed by atoms with Crippen LogP contribution >= 0.6 is 11.6 Å². The van der Waals surface area contributed by atoms with Gasteiger partial charge in [0.05, 0.1) is 4.92 Å². The third kappa shape index (κ3) is 5.23. The molecule has 1 aromatic heterocycles. The van der Waals surface area contributed by atoms with Gasteiger partial charge < -0.3 is 15.4 Å². The largest absolute Gasteiger partial charge is 0.444 e. The molecule has 132 valence electrons. The number of anilines is 1. The normalized spacial score (nSPS) is 20.5. The lowest BCUT2D eigenvalue weighted by molar-refractivity contribution is -0.384. The highest BCUT2D eigenvalue weighted by Crippen LogP contribution is 2.30. The summed E-state index contributed by atoms with van der Waals surface area (Å²) in [5, 5.41) is 17.2. The van der Waals surface area contributed by atoms with Crippen molar-refractivity contribution in [3.8, 4) is 0 Å². The average molecular weight is 357 g/mol. The topological polar surface area (TPSA) is 106 Å². The zero-order chi connectivity index (χ0) is 17.9. The molecule has 1 amide bonds. The molecule has 0 aliphatic heterocycles. The molecule has 2 rings (SSSR count). The Labute approximate surface area is 145 Å². The molecule has 2 atom stereocenters. The van der Waals surface area contributed by atoms with Crippen molar-refractivity contribution in [3.05, 3.63) is 27.5 Å². The number of hydrogen-bond acceptors (Lipinski definition) is 6. The molecule has 0 bridgehead atoms. The van der Waals surface area contributed by atoms with E-state index in [1.807, 2.05) is 0 Å². The number of nitrogens with zero attached hydrogens (tertiary/aromatic N) is 2. The van der Waals surface area contributed by atoms with Crippen molar-refractivity contribution >= 4 is 29.1 Å². The van der Waals surface area contributed by atoms with Gasteiger partial charge in [0.1, 0.15) is 22.6 Å². The molecular weight excluding hydrogens is 336 g/mol. The van der Waals surface area contributed by atoms with E-state index in [1.54, 1.807) is 20.8 Å². The molecule has 0 aromatic carbocycles. The molecule has 1 heterocycles. The molecule has 24 heavy (non-hydrogen) atoms. The first kappa shape index (κ1) is 18.3. The highest BCUT2D eigenvalue weighted by molar-refractivity contribution is 6.29. The Morgan fingerprint density at radius 1 is 1.42 bits per heavy atom. The Kier molecular flexibility index (Phi) is 5.48. The number of aromatic nitrogens is 1. The third-order valence-corrected chi connectivity index (χ3v) is 3.77. The van der Waals surface area contributed by atoms with E-state index >= 15 is 0 Å². The summed E-state index contributed by atoms with van der Waals surface area (Å²) in [6.45, 7) is 5.41. The summed E-state index contributed by atoms with van der Waals surface area (Å²) in [7, 11) is 0. The van der Waals surface area contributed by atoms with Gasteiger partial charge in [-0.3, -0.25) is 10.1 Å². The van der Waals surface area contributed by atoms with Gasteiger partial charge in [-0.2, -0.15) is 0 Å². The smallest absolute Gasteiger partial charge is 0.407 e. The van der Waals surface area contributed by atoms with Gasteiger partial charge in [0.25, 0.3) is 0 Å². The summed E-state index contributed by atoms with van der Waals surface area (Å²) < 4.78 is 5.23. The lowest BCUT2D eigenvalue weighted by atomic mass is 10.2. The van der Waals surface area contributed by atoms with Crippen molar-refractivity contribution in [1.29, 1.82) is 0 Å². The standard InChI is InChI=1S/C15H21ClN4O4/c1-15(2,3)24-14(21)19-10-5-4-9(6-10)18-11-7-13(16)17-8-12(11)20(22)23/h7-10H,4-6H2,1-3H3,(H,17,18)(H,19,21)/t9-,10-/m1/s1. The lowest BCUT2D eigenvalue weighted by Gasteiger charge is -2.22. The quantitative estimate of drug-likeness (QED) is 0.485. The second kappa shape index (κ2) is 7.21. The maximum atomic E-state index is 11.8. The molecule has 1 aliphatic rings. The monoisotopic (exact) mass is 356 g/mol. The number of nitrogens with one attached hydrogen (secondary N) is 2. The number of hydrogen-bond donors (Lipinski definition) is 2. The number of pyridine rings is 1. The fraction of sp³-hybridized carbons (Fsp3) is 0.600. The van der Waals surface area contributed by atoms with Crippen LogP contribution in [0.5, 0.6) is 0 Å². The van der Waals surface area contributed by atoms with Gasteiger partial charge in [0.2, 0.25) is 0 Å².